The molecule has 1 aliphatic rings. The Balaban J connectivity index is 1.96. The summed E-state index contributed by atoms with van der Waals surface area (Å²) in [5.74, 6) is 0. The molecule has 4 heteroatoms. The van der Waals surface area contributed by atoms with Crippen molar-refractivity contribution in [2.24, 2.45) is 0 Å². The van der Waals surface area contributed by atoms with E-state index in [1.807, 2.05) is 18.3 Å². The molecule has 0 radical (unpaired) electrons. The van der Waals surface area contributed by atoms with Crippen molar-refractivity contribution in [3.8, 4) is 0 Å². The molecule has 1 aromatic heterocycles. The third-order valence-corrected chi connectivity index (χ3v) is 3.21. The summed E-state index contributed by atoms with van der Waals surface area (Å²) in [6.45, 7) is 5.18. The standard InChI is InChI=1S/C13H21N3O/c1-11-5-7-16(9-13(10-17)15-11)8-12-4-2-3-6-14-12/h2-4,6,11,13,15,17H,5,7-10H2,1H3. The minimum Gasteiger partial charge on any atom is -0.395 e. The summed E-state index contributed by atoms with van der Waals surface area (Å²) in [4.78, 5) is 6.71. The van der Waals surface area contributed by atoms with Gasteiger partial charge in [-0.15, -0.1) is 0 Å². The maximum Gasteiger partial charge on any atom is 0.0597 e. The monoisotopic (exact) mass is 235 g/mol. The van der Waals surface area contributed by atoms with Gasteiger partial charge in [-0.3, -0.25) is 9.88 Å². The lowest BCUT2D eigenvalue weighted by atomic mass is 10.2. The second kappa shape index (κ2) is 6.10. The zero-order valence-electron chi connectivity index (χ0n) is 10.3. The molecule has 17 heavy (non-hydrogen) atoms. The first-order valence-electron chi connectivity index (χ1n) is 6.27. The molecule has 1 saturated heterocycles. The van der Waals surface area contributed by atoms with Crippen LogP contribution < -0.4 is 5.32 Å². The van der Waals surface area contributed by atoms with Gasteiger partial charge in [0, 0.05) is 37.9 Å². The van der Waals surface area contributed by atoms with E-state index in [1.54, 1.807) is 0 Å². The van der Waals surface area contributed by atoms with Crippen molar-refractivity contribution in [1.29, 1.82) is 0 Å². The molecule has 0 bridgehead atoms. The molecule has 0 aromatic carbocycles. The molecule has 1 aliphatic heterocycles. The fourth-order valence-electron chi connectivity index (χ4n) is 2.29. The molecule has 2 N–H and O–H groups in total. The third kappa shape index (κ3) is 3.77. The van der Waals surface area contributed by atoms with E-state index in [9.17, 15) is 5.11 Å². The zero-order chi connectivity index (χ0) is 12.1. The average Bonchev–Trinajstić information content (AvgIpc) is 2.53. The minimum atomic E-state index is 0.177. The summed E-state index contributed by atoms with van der Waals surface area (Å²) in [5, 5.41) is 12.7. The highest BCUT2D eigenvalue weighted by Gasteiger charge is 2.20. The van der Waals surface area contributed by atoms with Gasteiger partial charge in [0.2, 0.25) is 0 Å². The molecule has 2 atom stereocenters. The quantitative estimate of drug-likeness (QED) is 0.806. The van der Waals surface area contributed by atoms with Gasteiger partial charge in [-0.25, -0.2) is 0 Å². The summed E-state index contributed by atoms with van der Waals surface area (Å²) in [7, 11) is 0. The lowest BCUT2D eigenvalue weighted by molar-refractivity contribution is 0.193. The SMILES string of the molecule is CC1CCN(Cc2ccccn2)CC(CO)N1. The number of pyridine rings is 1. The van der Waals surface area contributed by atoms with Crippen LogP contribution in [0, 0.1) is 0 Å². The van der Waals surface area contributed by atoms with Crippen LogP contribution in [0.5, 0.6) is 0 Å². The van der Waals surface area contributed by atoms with Crippen LogP contribution in [0.2, 0.25) is 0 Å². The molecule has 2 unspecified atom stereocenters. The summed E-state index contributed by atoms with van der Waals surface area (Å²) < 4.78 is 0. The van der Waals surface area contributed by atoms with Crippen molar-refractivity contribution >= 4 is 0 Å². The fraction of sp³-hybridized carbons (Fsp3) is 0.615. The lowest BCUT2D eigenvalue weighted by Crippen LogP contribution is -2.42. The Kier molecular flexibility index (Phi) is 4.48. The van der Waals surface area contributed by atoms with E-state index in [0.29, 0.717) is 6.04 Å². The van der Waals surface area contributed by atoms with Crippen LogP contribution in [0.3, 0.4) is 0 Å². The van der Waals surface area contributed by atoms with E-state index in [-0.39, 0.29) is 12.6 Å². The summed E-state index contributed by atoms with van der Waals surface area (Å²) in [6, 6.07) is 6.66. The van der Waals surface area contributed by atoms with Gasteiger partial charge in [-0.1, -0.05) is 6.07 Å². The van der Waals surface area contributed by atoms with Crippen LogP contribution in [0.25, 0.3) is 0 Å². The van der Waals surface area contributed by atoms with Crippen LogP contribution in [0.4, 0.5) is 0 Å². The summed E-state index contributed by atoms with van der Waals surface area (Å²) >= 11 is 0. The molecule has 2 rings (SSSR count). The number of nitrogens with one attached hydrogen (secondary N) is 1. The van der Waals surface area contributed by atoms with Gasteiger partial charge in [0.25, 0.3) is 0 Å². The second-order valence-corrected chi connectivity index (χ2v) is 4.79. The third-order valence-electron chi connectivity index (χ3n) is 3.21. The molecule has 0 saturated carbocycles. The van der Waals surface area contributed by atoms with Gasteiger partial charge >= 0.3 is 0 Å². The van der Waals surface area contributed by atoms with E-state index in [2.05, 4.69) is 28.2 Å². The van der Waals surface area contributed by atoms with Gasteiger partial charge in [0.05, 0.1) is 12.3 Å². The first kappa shape index (κ1) is 12.5. The Labute approximate surface area is 103 Å². The molecular weight excluding hydrogens is 214 g/mol. The minimum absolute atomic E-state index is 0.177. The number of aromatic nitrogens is 1. The molecule has 1 fully saturated rings. The normalized spacial score (nSPS) is 26.7. The van der Waals surface area contributed by atoms with Crippen LogP contribution in [0.1, 0.15) is 19.0 Å². The first-order valence-corrected chi connectivity index (χ1v) is 6.27. The number of rotatable bonds is 3. The van der Waals surface area contributed by atoms with Crippen molar-refractivity contribution in [3.63, 3.8) is 0 Å². The van der Waals surface area contributed by atoms with Gasteiger partial charge in [0.15, 0.2) is 0 Å². The van der Waals surface area contributed by atoms with Crippen molar-refractivity contribution in [3.05, 3.63) is 30.1 Å². The molecule has 2 heterocycles. The maximum absolute atomic E-state index is 9.31. The Morgan fingerprint density at radius 2 is 2.41 bits per heavy atom. The Hall–Kier alpha value is -0.970. The topological polar surface area (TPSA) is 48.4 Å². The number of hydrogen-bond acceptors (Lipinski definition) is 4. The number of aliphatic hydroxyl groups is 1. The van der Waals surface area contributed by atoms with Crippen LogP contribution in [-0.4, -0.2) is 46.8 Å². The zero-order valence-corrected chi connectivity index (χ0v) is 10.3. The first-order chi connectivity index (χ1) is 8.28. The van der Waals surface area contributed by atoms with E-state index >= 15 is 0 Å². The maximum atomic E-state index is 9.31. The number of aliphatic hydroxyl groups excluding tert-OH is 1. The van der Waals surface area contributed by atoms with Crippen molar-refractivity contribution < 1.29 is 5.11 Å². The lowest BCUT2D eigenvalue weighted by Gasteiger charge is -2.22. The molecule has 0 aliphatic carbocycles. The number of hydrogen-bond donors (Lipinski definition) is 2. The predicted molar refractivity (Wildman–Crippen MR) is 67.6 cm³/mol. The van der Waals surface area contributed by atoms with Crippen molar-refractivity contribution in [2.45, 2.75) is 32.0 Å². The van der Waals surface area contributed by atoms with Crippen molar-refractivity contribution in [1.82, 2.24) is 15.2 Å². The average molecular weight is 235 g/mol. The second-order valence-electron chi connectivity index (χ2n) is 4.79. The van der Waals surface area contributed by atoms with E-state index < -0.39 is 0 Å². The smallest absolute Gasteiger partial charge is 0.0597 e. The predicted octanol–water partition coefficient (Wildman–Crippen LogP) is 0.626. The molecule has 4 nitrogen and oxygen atoms in total. The van der Waals surface area contributed by atoms with Crippen molar-refractivity contribution in [2.75, 3.05) is 19.7 Å². The summed E-state index contributed by atoms with van der Waals surface area (Å²) in [6.07, 6.45) is 2.95. The van der Waals surface area contributed by atoms with Crippen LogP contribution >= 0.6 is 0 Å². The van der Waals surface area contributed by atoms with Gasteiger partial charge in [-0.05, 0) is 25.5 Å². The molecule has 0 spiro atoms. The summed E-state index contributed by atoms with van der Waals surface area (Å²) in [5.41, 5.74) is 1.10. The Morgan fingerprint density at radius 3 is 3.12 bits per heavy atom. The van der Waals surface area contributed by atoms with Gasteiger partial charge in [-0.2, -0.15) is 0 Å². The molecular formula is C13H21N3O. The number of nitrogens with zero attached hydrogens (tertiary/aromatic N) is 2. The van der Waals surface area contributed by atoms with Gasteiger partial charge < -0.3 is 10.4 Å². The molecule has 0 amide bonds. The van der Waals surface area contributed by atoms with E-state index in [0.717, 1.165) is 31.7 Å². The highest BCUT2D eigenvalue weighted by atomic mass is 16.3. The van der Waals surface area contributed by atoms with Gasteiger partial charge in [0.1, 0.15) is 0 Å². The Morgan fingerprint density at radius 1 is 1.53 bits per heavy atom. The Bertz CT molecular complexity index is 331. The highest BCUT2D eigenvalue weighted by Crippen LogP contribution is 2.09. The highest BCUT2D eigenvalue weighted by molar-refractivity contribution is 5.03. The largest absolute Gasteiger partial charge is 0.395 e. The van der Waals surface area contributed by atoms with Crippen LogP contribution in [0.15, 0.2) is 24.4 Å². The fourth-order valence-corrected chi connectivity index (χ4v) is 2.29. The van der Waals surface area contributed by atoms with E-state index in [1.165, 1.54) is 0 Å². The molecule has 94 valence electrons. The molecule has 1 aromatic rings. The van der Waals surface area contributed by atoms with Crippen LogP contribution in [-0.2, 0) is 6.54 Å². The van der Waals surface area contributed by atoms with E-state index in [4.69, 9.17) is 0 Å².